The minimum atomic E-state index is -0.529. The molecule has 0 aromatic heterocycles. The van der Waals surface area contributed by atoms with E-state index in [0.29, 0.717) is 11.3 Å². The Hall–Kier alpha value is -1.55. The number of rotatable bonds is 6. The second kappa shape index (κ2) is 7.14. The molecule has 0 radical (unpaired) electrons. The molecule has 1 aromatic carbocycles. The molecule has 0 aliphatic rings. The molecule has 106 valence electrons. The van der Waals surface area contributed by atoms with Gasteiger partial charge in [0.25, 0.3) is 5.91 Å². The third-order valence-corrected chi connectivity index (χ3v) is 2.71. The van der Waals surface area contributed by atoms with Gasteiger partial charge in [-0.25, -0.2) is 0 Å². The van der Waals surface area contributed by atoms with Gasteiger partial charge in [-0.3, -0.25) is 4.79 Å². The van der Waals surface area contributed by atoms with Gasteiger partial charge in [-0.2, -0.15) is 0 Å². The maximum atomic E-state index is 11.9. The molecule has 19 heavy (non-hydrogen) atoms. The molecule has 2 N–H and O–H groups in total. The molecule has 0 saturated heterocycles. The van der Waals surface area contributed by atoms with Gasteiger partial charge in [-0.05, 0) is 38.0 Å². The number of aliphatic hydroxyl groups excluding tert-OH is 1. The average molecular weight is 265 g/mol. The number of carbonyl (C=O) groups is 1. The van der Waals surface area contributed by atoms with Crippen LogP contribution in [-0.4, -0.2) is 29.8 Å². The first-order valence-electron chi connectivity index (χ1n) is 6.63. The number of hydrogen-bond acceptors (Lipinski definition) is 3. The Morgan fingerprint density at radius 2 is 2.00 bits per heavy atom. The third kappa shape index (κ3) is 5.30. The van der Waals surface area contributed by atoms with E-state index >= 15 is 0 Å². The lowest BCUT2D eigenvalue weighted by Gasteiger charge is -2.15. The fourth-order valence-electron chi connectivity index (χ4n) is 1.52. The standard InChI is InChI=1S/C15H23NO3/c1-10(2)14(17)9-16-15(18)12-6-5-7-13(8-12)19-11(3)4/h5-8,10-11,14,17H,9H2,1-4H3,(H,16,18). The third-order valence-electron chi connectivity index (χ3n) is 2.71. The molecule has 4 heteroatoms. The van der Waals surface area contributed by atoms with Crippen LogP contribution in [0, 0.1) is 5.92 Å². The zero-order valence-electron chi connectivity index (χ0n) is 12.0. The van der Waals surface area contributed by atoms with E-state index in [9.17, 15) is 9.90 Å². The number of nitrogens with one attached hydrogen (secondary N) is 1. The summed E-state index contributed by atoms with van der Waals surface area (Å²) >= 11 is 0. The van der Waals surface area contributed by atoms with E-state index in [1.165, 1.54) is 0 Å². The summed E-state index contributed by atoms with van der Waals surface area (Å²) < 4.78 is 5.54. The maximum absolute atomic E-state index is 11.9. The van der Waals surface area contributed by atoms with Crippen molar-refractivity contribution in [3.63, 3.8) is 0 Å². The van der Waals surface area contributed by atoms with E-state index in [2.05, 4.69) is 5.32 Å². The van der Waals surface area contributed by atoms with E-state index in [1.54, 1.807) is 18.2 Å². The molecular formula is C15H23NO3. The predicted molar refractivity (Wildman–Crippen MR) is 75.4 cm³/mol. The van der Waals surface area contributed by atoms with E-state index in [-0.39, 0.29) is 24.5 Å². The molecule has 0 aliphatic heterocycles. The highest BCUT2D eigenvalue weighted by Gasteiger charge is 2.12. The minimum absolute atomic E-state index is 0.0704. The highest BCUT2D eigenvalue weighted by Crippen LogP contribution is 2.14. The fourth-order valence-corrected chi connectivity index (χ4v) is 1.52. The number of aliphatic hydroxyl groups is 1. The monoisotopic (exact) mass is 265 g/mol. The Kier molecular flexibility index (Phi) is 5.83. The first kappa shape index (κ1) is 15.5. The summed E-state index contributed by atoms with van der Waals surface area (Å²) in [6.07, 6.45) is -0.458. The zero-order valence-corrected chi connectivity index (χ0v) is 12.0. The minimum Gasteiger partial charge on any atom is -0.491 e. The molecule has 1 aromatic rings. The molecule has 0 spiro atoms. The van der Waals surface area contributed by atoms with Crippen LogP contribution in [0.25, 0.3) is 0 Å². The Morgan fingerprint density at radius 3 is 2.58 bits per heavy atom. The number of benzene rings is 1. The SMILES string of the molecule is CC(C)Oc1cccc(C(=O)NCC(O)C(C)C)c1. The van der Waals surface area contributed by atoms with Crippen molar-refractivity contribution in [3.8, 4) is 5.75 Å². The van der Waals surface area contributed by atoms with Gasteiger partial charge in [0.1, 0.15) is 5.75 Å². The average Bonchev–Trinajstić information content (AvgIpc) is 2.34. The van der Waals surface area contributed by atoms with Crippen LogP contribution < -0.4 is 10.1 Å². The smallest absolute Gasteiger partial charge is 0.251 e. The first-order chi connectivity index (χ1) is 8.90. The van der Waals surface area contributed by atoms with E-state index in [0.717, 1.165) is 0 Å². The van der Waals surface area contributed by atoms with Gasteiger partial charge in [0.05, 0.1) is 12.2 Å². The van der Waals surface area contributed by atoms with Crippen LogP contribution in [0.3, 0.4) is 0 Å². The van der Waals surface area contributed by atoms with Crippen LogP contribution in [0.5, 0.6) is 5.75 Å². The van der Waals surface area contributed by atoms with Gasteiger partial charge in [-0.15, -0.1) is 0 Å². The van der Waals surface area contributed by atoms with Gasteiger partial charge >= 0.3 is 0 Å². The Bertz CT molecular complexity index is 416. The van der Waals surface area contributed by atoms with Crippen LogP contribution in [0.15, 0.2) is 24.3 Å². The largest absolute Gasteiger partial charge is 0.491 e. The fraction of sp³-hybridized carbons (Fsp3) is 0.533. The molecular weight excluding hydrogens is 242 g/mol. The number of amides is 1. The molecule has 0 heterocycles. The summed E-state index contributed by atoms with van der Waals surface area (Å²) in [5, 5.41) is 12.4. The highest BCUT2D eigenvalue weighted by molar-refractivity contribution is 5.94. The first-order valence-corrected chi connectivity index (χ1v) is 6.63. The number of carbonyl (C=O) groups excluding carboxylic acids is 1. The maximum Gasteiger partial charge on any atom is 0.251 e. The highest BCUT2D eigenvalue weighted by atomic mass is 16.5. The number of hydrogen-bond donors (Lipinski definition) is 2. The van der Waals surface area contributed by atoms with Crippen molar-refractivity contribution in [2.75, 3.05) is 6.54 Å². The molecule has 0 aliphatic carbocycles. The molecule has 4 nitrogen and oxygen atoms in total. The van der Waals surface area contributed by atoms with Gasteiger partial charge in [0.2, 0.25) is 0 Å². The topological polar surface area (TPSA) is 58.6 Å². The Morgan fingerprint density at radius 1 is 1.32 bits per heavy atom. The lowest BCUT2D eigenvalue weighted by Crippen LogP contribution is -2.34. The van der Waals surface area contributed by atoms with Gasteiger partial charge in [0, 0.05) is 12.1 Å². The van der Waals surface area contributed by atoms with Crippen LogP contribution in [0.4, 0.5) is 0 Å². The molecule has 1 rings (SSSR count). The van der Waals surface area contributed by atoms with Gasteiger partial charge < -0.3 is 15.2 Å². The second-order valence-corrected chi connectivity index (χ2v) is 5.22. The molecule has 1 amide bonds. The quantitative estimate of drug-likeness (QED) is 0.829. The molecule has 0 saturated carbocycles. The molecule has 1 unspecified atom stereocenters. The van der Waals surface area contributed by atoms with Crippen LogP contribution in [0.2, 0.25) is 0 Å². The van der Waals surface area contributed by atoms with E-state index < -0.39 is 6.10 Å². The van der Waals surface area contributed by atoms with E-state index in [4.69, 9.17) is 4.74 Å². The van der Waals surface area contributed by atoms with Crippen molar-refractivity contribution < 1.29 is 14.6 Å². The lowest BCUT2D eigenvalue weighted by atomic mass is 10.1. The van der Waals surface area contributed by atoms with Crippen molar-refractivity contribution in [2.45, 2.75) is 39.9 Å². The summed E-state index contributed by atoms with van der Waals surface area (Å²) in [4.78, 5) is 11.9. The summed E-state index contributed by atoms with van der Waals surface area (Å²) in [6, 6.07) is 7.03. The lowest BCUT2D eigenvalue weighted by molar-refractivity contribution is 0.0871. The van der Waals surface area contributed by atoms with Crippen molar-refractivity contribution in [1.29, 1.82) is 0 Å². The van der Waals surface area contributed by atoms with Crippen molar-refractivity contribution in [2.24, 2.45) is 5.92 Å². The number of ether oxygens (including phenoxy) is 1. The predicted octanol–water partition coefficient (Wildman–Crippen LogP) is 2.22. The zero-order chi connectivity index (χ0) is 14.4. The van der Waals surface area contributed by atoms with E-state index in [1.807, 2.05) is 33.8 Å². The van der Waals surface area contributed by atoms with Crippen molar-refractivity contribution >= 4 is 5.91 Å². The van der Waals surface area contributed by atoms with Crippen LogP contribution >= 0.6 is 0 Å². The summed E-state index contributed by atoms with van der Waals surface area (Å²) in [6.45, 7) is 7.95. The summed E-state index contributed by atoms with van der Waals surface area (Å²) in [7, 11) is 0. The molecule has 0 bridgehead atoms. The van der Waals surface area contributed by atoms with Crippen molar-refractivity contribution in [3.05, 3.63) is 29.8 Å². The second-order valence-electron chi connectivity index (χ2n) is 5.22. The van der Waals surface area contributed by atoms with Crippen LogP contribution in [-0.2, 0) is 0 Å². The Labute approximate surface area is 114 Å². The van der Waals surface area contributed by atoms with Crippen LogP contribution in [0.1, 0.15) is 38.1 Å². The van der Waals surface area contributed by atoms with Gasteiger partial charge in [0.15, 0.2) is 0 Å². The normalized spacial score (nSPS) is 12.6. The summed E-state index contributed by atoms with van der Waals surface area (Å²) in [5.41, 5.74) is 0.536. The Balaban J connectivity index is 2.61. The molecule has 0 fully saturated rings. The summed E-state index contributed by atoms with van der Waals surface area (Å²) in [5.74, 6) is 0.594. The van der Waals surface area contributed by atoms with Crippen molar-refractivity contribution in [1.82, 2.24) is 5.32 Å². The molecule has 1 atom stereocenters. The van der Waals surface area contributed by atoms with Gasteiger partial charge in [-0.1, -0.05) is 19.9 Å².